The molecule has 4 nitrogen and oxygen atoms in total. The number of nitrogens with one attached hydrogen (secondary N) is 1. The number of hydrogen-bond donors (Lipinski definition) is 1. The summed E-state index contributed by atoms with van der Waals surface area (Å²) in [6, 6.07) is 6.81. The predicted molar refractivity (Wildman–Crippen MR) is 89.7 cm³/mol. The molecule has 1 atom stereocenters. The first-order valence-electron chi connectivity index (χ1n) is 7.50. The number of hydrogen-bond acceptors (Lipinski definition) is 2. The van der Waals surface area contributed by atoms with Crippen molar-refractivity contribution in [1.82, 2.24) is 10.2 Å². The third-order valence-electron chi connectivity index (χ3n) is 3.27. The third-order valence-corrected chi connectivity index (χ3v) is 3.64. The summed E-state index contributed by atoms with van der Waals surface area (Å²) in [6.45, 7) is 9.60. The highest BCUT2D eigenvalue weighted by Crippen LogP contribution is 2.19. The average Bonchev–Trinajstić information content (AvgIpc) is 2.43. The monoisotopic (exact) mass is 324 g/mol. The number of halogens is 1. The second-order valence-electron chi connectivity index (χ2n) is 6.38. The van der Waals surface area contributed by atoms with E-state index < -0.39 is 6.04 Å². The first kappa shape index (κ1) is 18.5. The van der Waals surface area contributed by atoms with Gasteiger partial charge in [0.2, 0.25) is 11.8 Å². The van der Waals surface area contributed by atoms with E-state index >= 15 is 0 Å². The molecule has 22 heavy (non-hydrogen) atoms. The van der Waals surface area contributed by atoms with Gasteiger partial charge < -0.3 is 10.2 Å². The zero-order valence-electron chi connectivity index (χ0n) is 13.9. The van der Waals surface area contributed by atoms with Crippen molar-refractivity contribution in [2.24, 2.45) is 0 Å². The summed E-state index contributed by atoms with van der Waals surface area (Å²) in [6.07, 6.45) is 0.345. The molecule has 0 aliphatic rings. The number of rotatable bonds is 5. The maximum absolute atomic E-state index is 12.4. The highest BCUT2D eigenvalue weighted by Gasteiger charge is 2.27. The number of carbonyl (C=O) groups excluding carboxylic acids is 2. The van der Waals surface area contributed by atoms with E-state index in [0.29, 0.717) is 18.0 Å². The van der Waals surface area contributed by atoms with Crippen molar-refractivity contribution >= 4 is 23.4 Å². The van der Waals surface area contributed by atoms with E-state index in [1.54, 1.807) is 24.8 Å². The lowest BCUT2D eigenvalue weighted by Crippen LogP contribution is -2.52. The van der Waals surface area contributed by atoms with Gasteiger partial charge in [-0.2, -0.15) is 0 Å². The Morgan fingerprint density at radius 2 is 1.86 bits per heavy atom. The van der Waals surface area contributed by atoms with Crippen LogP contribution in [0.25, 0.3) is 0 Å². The molecular formula is C17H25ClN2O2. The first-order valence-corrected chi connectivity index (χ1v) is 7.88. The molecule has 0 saturated carbocycles. The molecule has 1 rings (SSSR count). The van der Waals surface area contributed by atoms with Crippen molar-refractivity contribution in [3.63, 3.8) is 0 Å². The molecule has 0 heterocycles. The summed E-state index contributed by atoms with van der Waals surface area (Å²) >= 11 is 6.17. The summed E-state index contributed by atoms with van der Waals surface area (Å²) in [5.41, 5.74) is 0.498. The number of nitrogens with zero attached hydrogens (tertiary/aromatic N) is 1. The summed E-state index contributed by atoms with van der Waals surface area (Å²) in [4.78, 5) is 26.2. The molecule has 0 saturated heterocycles. The molecule has 0 aliphatic carbocycles. The molecule has 0 bridgehead atoms. The van der Waals surface area contributed by atoms with E-state index in [4.69, 9.17) is 11.6 Å². The fourth-order valence-corrected chi connectivity index (χ4v) is 2.27. The topological polar surface area (TPSA) is 49.4 Å². The highest BCUT2D eigenvalue weighted by atomic mass is 35.5. The molecule has 2 amide bonds. The molecule has 0 spiro atoms. The Hall–Kier alpha value is -1.55. The average molecular weight is 325 g/mol. The molecule has 1 unspecified atom stereocenters. The van der Waals surface area contributed by atoms with Gasteiger partial charge in [0.15, 0.2) is 0 Å². The van der Waals surface area contributed by atoms with Crippen molar-refractivity contribution in [1.29, 1.82) is 0 Å². The van der Waals surface area contributed by atoms with Crippen LogP contribution in [-0.4, -0.2) is 28.3 Å². The van der Waals surface area contributed by atoms with E-state index in [9.17, 15) is 9.59 Å². The van der Waals surface area contributed by atoms with Crippen LogP contribution in [0.1, 0.15) is 46.6 Å². The Kier molecular flexibility index (Phi) is 6.42. The van der Waals surface area contributed by atoms with Crippen molar-refractivity contribution in [3.05, 3.63) is 34.9 Å². The predicted octanol–water partition coefficient (Wildman–Crippen LogP) is 3.38. The van der Waals surface area contributed by atoms with Gasteiger partial charge in [0.1, 0.15) is 6.04 Å². The van der Waals surface area contributed by atoms with Crippen LogP contribution >= 0.6 is 11.6 Å². The van der Waals surface area contributed by atoms with Gasteiger partial charge >= 0.3 is 0 Å². The number of benzene rings is 1. The van der Waals surface area contributed by atoms with E-state index in [1.807, 2.05) is 39.0 Å². The normalized spacial score (nSPS) is 12.6. The van der Waals surface area contributed by atoms with Crippen LogP contribution in [0, 0.1) is 0 Å². The van der Waals surface area contributed by atoms with Gasteiger partial charge in [0.25, 0.3) is 0 Å². The Bertz CT molecular complexity index is 538. The highest BCUT2D eigenvalue weighted by molar-refractivity contribution is 6.31. The van der Waals surface area contributed by atoms with Crippen molar-refractivity contribution in [3.8, 4) is 0 Å². The van der Waals surface area contributed by atoms with Gasteiger partial charge in [-0.3, -0.25) is 9.59 Å². The van der Waals surface area contributed by atoms with E-state index in [-0.39, 0.29) is 17.4 Å². The molecule has 0 fully saturated rings. The van der Waals surface area contributed by atoms with Gasteiger partial charge in [-0.1, -0.05) is 36.7 Å². The quantitative estimate of drug-likeness (QED) is 0.902. The minimum absolute atomic E-state index is 0.0727. The summed E-state index contributed by atoms with van der Waals surface area (Å²) in [5, 5.41) is 3.51. The molecule has 1 aromatic carbocycles. The second-order valence-corrected chi connectivity index (χ2v) is 6.79. The number of amides is 2. The molecule has 0 aromatic heterocycles. The summed E-state index contributed by atoms with van der Waals surface area (Å²) < 4.78 is 0. The van der Waals surface area contributed by atoms with Crippen molar-refractivity contribution in [2.45, 2.75) is 59.2 Å². The first-order chi connectivity index (χ1) is 10.2. The fourth-order valence-electron chi connectivity index (χ4n) is 2.07. The van der Waals surface area contributed by atoms with Crippen LogP contribution in [-0.2, 0) is 16.1 Å². The lowest BCUT2D eigenvalue weighted by atomic mass is 10.1. The Morgan fingerprint density at radius 1 is 1.27 bits per heavy atom. The summed E-state index contributed by atoms with van der Waals surface area (Å²) in [7, 11) is 0. The maximum Gasteiger partial charge on any atom is 0.242 e. The standard InChI is InChI=1S/C17H25ClN2O2/c1-6-15(21)20(11-13-9-7-8-10-14(13)18)12(2)16(22)19-17(3,4)5/h7-10,12H,6,11H2,1-5H3,(H,19,22). The van der Waals surface area contributed by atoms with Crippen molar-refractivity contribution < 1.29 is 9.59 Å². The second kappa shape index (κ2) is 7.63. The smallest absolute Gasteiger partial charge is 0.242 e. The fraction of sp³-hybridized carbons (Fsp3) is 0.529. The summed E-state index contributed by atoms with van der Waals surface area (Å²) in [5.74, 6) is -0.238. The van der Waals surface area contributed by atoms with E-state index in [1.165, 1.54) is 0 Å². The molecule has 0 aliphatic heterocycles. The van der Waals surface area contributed by atoms with E-state index in [0.717, 1.165) is 5.56 Å². The van der Waals surface area contributed by atoms with Gasteiger partial charge in [0, 0.05) is 23.5 Å². The van der Waals surface area contributed by atoms with Crippen LogP contribution in [0.15, 0.2) is 24.3 Å². The van der Waals surface area contributed by atoms with Gasteiger partial charge in [-0.15, -0.1) is 0 Å². The molecule has 0 radical (unpaired) electrons. The van der Waals surface area contributed by atoms with Crippen LogP contribution in [0.5, 0.6) is 0 Å². The SMILES string of the molecule is CCC(=O)N(Cc1ccccc1Cl)C(C)C(=O)NC(C)(C)C. The zero-order chi connectivity index (χ0) is 16.9. The van der Waals surface area contributed by atoms with Crippen LogP contribution < -0.4 is 5.32 Å². The van der Waals surface area contributed by atoms with Crippen LogP contribution in [0.3, 0.4) is 0 Å². The lowest BCUT2D eigenvalue weighted by Gasteiger charge is -2.31. The molecule has 5 heteroatoms. The van der Waals surface area contributed by atoms with Crippen molar-refractivity contribution in [2.75, 3.05) is 0 Å². The lowest BCUT2D eigenvalue weighted by molar-refractivity contribution is -0.141. The Balaban J connectivity index is 2.96. The van der Waals surface area contributed by atoms with Gasteiger partial charge in [-0.25, -0.2) is 0 Å². The largest absolute Gasteiger partial charge is 0.350 e. The molecule has 1 aromatic rings. The molecule has 1 N–H and O–H groups in total. The zero-order valence-corrected chi connectivity index (χ0v) is 14.7. The Morgan fingerprint density at radius 3 is 2.36 bits per heavy atom. The molecule has 122 valence electrons. The number of carbonyl (C=O) groups is 2. The molecular weight excluding hydrogens is 300 g/mol. The van der Waals surface area contributed by atoms with Crippen LogP contribution in [0.4, 0.5) is 0 Å². The van der Waals surface area contributed by atoms with Crippen LogP contribution in [0.2, 0.25) is 5.02 Å². The third kappa shape index (κ3) is 5.34. The van der Waals surface area contributed by atoms with E-state index in [2.05, 4.69) is 5.32 Å². The van der Waals surface area contributed by atoms with Gasteiger partial charge in [-0.05, 0) is 39.3 Å². The Labute approximate surface area is 137 Å². The van der Waals surface area contributed by atoms with Gasteiger partial charge in [0.05, 0.1) is 0 Å². The minimum atomic E-state index is -0.553. The maximum atomic E-state index is 12.4. The minimum Gasteiger partial charge on any atom is -0.350 e.